The van der Waals surface area contributed by atoms with Crippen LogP contribution >= 0.6 is 27.5 Å². The number of rotatable bonds is 4. The molecule has 0 N–H and O–H groups in total. The van der Waals surface area contributed by atoms with Crippen LogP contribution in [-0.2, 0) is 6.54 Å². The Morgan fingerprint density at radius 3 is 2.88 bits per heavy atom. The van der Waals surface area contributed by atoms with Crippen LogP contribution in [0, 0.1) is 0 Å². The molecular formula is C11H9BrClN3O. The molecule has 2 rings (SSSR count). The molecule has 0 radical (unpaired) electrons. The number of hydrogen-bond acceptors (Lipinski definition) is 3. The minimum absolute atomic E-state index is 0.0445. The number of alkyl halides is 1. The second kappa shape index (κ2) is 5.42. The van der Waals surface area contributed by atoms with Crippen molar-refractivity contribution in [1.29, 1.82) is 0 Å². The fourth-order valence-corrected chi connectivity index (χ4v) is 1.81. The number of nitrogens with zero attached hydrogens (tertiary/aromatic N) is 3. The number of imidazole rings is 1. The fraction of sp³-hybridized carbons (Fsp3) is 0.182. The van der Waals surface area contributed by atoms with E-state index < -0.39 is 0 Å². The first-order chi connectivity index (χ1) is 8.20. The maximum atomic E-state index is 11.6. The summed E-state index contributed by atoms with van der Waals surface area (Å²) in [4.78, 5) is 19.6. The standard InChI is InChI=1S/C11H9BrClN3O/c12-5-9(17)11-14-3-4-16(11)7-8-1-2-10(13)15-6-8/h1-4,6H,5,7H2. The van der Waals surface area contributed by atoms with E-state index in [1.54, 1.807) is 29.2 Å². The minimum Gasteiger partial charge on any atom is -0.324 e. The summed E-state index contributed by atoms with van der Waals surface area (Å²) in [6.45, 7) is 0.554. The lowest BCUT2D eigenvalue weighted by Gasteiger charge is -2.05. The Morgan fingerprint density at radius 1 is 1.41 bits per heavy atom. The quantitative estimate of drug-likeness (QED) is 0.495. The monoisotopic (exact) mass is 313 g/mol. The Hall–Kier alpha value is -1.20. The van der Waals surface area contributed by atoms with E-state index in [2.05, 4.69) is 25.9 Å². The van der Waals surface area contributed by atoms with Gasteiger partial charge >= 0.3 is 0 Å². The zero-order chi connectivity index (χ0) is 12.3. The maximum Gasteiger partial charge on any atom is 0.208 e. The van der Waals surface area contributed by atoms with Crippen LogP contribution in [0.25, 0.3) is 0 Å². The number of Topliss-reactive ketones (excluding diaryl/α,β-unsaturated/α-hetero) is 1. The summed E-state index contributed by atoms with van der Waals surface area (Å²) in [5.41, 5.74) is 0.969. The van der Waals surface area contributed by atoms with Gasteiger partial charge in [-0.25, -0.2) is 9.97 Å². The van der Waals surface area contributed by atoms with Gasteiger partial charge < -0.3 is 4.57 Å². The van der Waals surface area contributed by atoms with E-state index >= 15 is 0 Å². The number of pyridine rings is 1. The van der Waals surface area contributed by atoms with E-state index in [4.69, 9.17) is 11.6 Å². The lowest BCUT2D eigenvalue weighted by molar-refractivity contribution is 0.101. The highest BCUT2D eigenvalue weighted by atomic mass is 79.9. The van der Waals surface area contributed by atoms with Crippen LogP contribution in [0.2, 0.25) is 5.15 Å². The Labute approximate surface area is 112 Å². The molecule has 0 bridgehead atoms. The van der Waals surface area contributed by atoms with E-state index in [1.165, 1.54) is 0 Å². The van der Waals surface area contributed by atoms with E-state index in [0.29, 0.717) is 17.5 Å². The fourth-order valence-electron chi connectivity index (χ4n) is 1.45. The highest BCUT2D eigenvalue weighted by molar-refractivity contribution is 9.09. The minimum atomic E-state index is -0.0445. The summed E-state index contributed by atoms with van der Waals surface area (Å²) in [7, 11) is 0. The van der Waals surface area contributed by atoms with Crippen molar-refractivity contribution in [1.82, 2.24) is 14.5 Å². The molecular weight excluding hydrogens is 305 g/mol. The summed E-state index contributed by atoms with van der Waals surface area (Å²) in [6.07, 6.45) is 5.06. The molecule has 0 aliphatic rings. The molecule has 4 nitrogen and oxygen atoms in total. The molecule has 88 valence electrons. The summed E-state index contributed by atoms with van der Waals surface area (Å²) in [5, 5.41) is 0.722. The Morgan fingerprint density at radius 2 is 2.24 bits per heavy atom. The Balaban J connectivity index is 2.21. The molecule has 0 atom stereocenters. The lowest BCUT2D eigenvalue weighted by Crippen LogP contribution is -2.11. The van der Waals surface area contributed by atoms with Crippen molar-refractivity contribution in [2.75, 3.05) is 5.33 Å². The van der Waals surface area contributed by atoms with Gasteiger partial charge in [-0.15, -0.1) is 0 Å². The molecule has 0 amide bonds. The van der Waals surface area contributed by atoms with Gasteiger partial charge in [-0.2, -0.15) is 0 Å². The number of hydrogen-bond donors (Lipinski definition) is 0. The molecule has 0 aromatic carbocycles. The van der Waals surface area contributed by atoms with Gasteiger partial charge in [0, 0.05) is 18.6 Å². The van der Waals surface area contributed by atoms with Crippen molar-refractivity contribution in [3.63, 3.8) is 0 Å². The summed E-state index contributed by atoms with van der Waals surface area (Å²) < 4.78 is 1.79. The number of carbonyl (C=O) groups excluding carboxylic acids is 1. The van der Waals surface area contributed by atoms with Crippen LogP contribution < -0.4 is 0 Å². The molecule has 0 fully saturated rings. The molecule has 0 aliphatic heterocycles. The van der Waals surface area contributed by atoms with Crippen molar-refractivity contribution in [3.05, 3.63) is 47.3 Å². The first-order valence-corrected chi connectivity index (χ1v) is 6.41. The number of carbonyl (C=O) groups is 1. The van der Waals surface area contributed by atoms with Gasteiger partial charge in [0.15, 0.2) is 5.82 Å². The van der Waals surface area contributed by atoms with Gasteiger partial charge in [0.2, 0.25) is 5.78 Å². The SMILES string of the molecule is O=C(CBr)c1nccn1Cc1ccc(Cl)nc1. The summed E-state index contributed by atoms with van der Waals surface area (Å²) >= 11 is 8.84. The second-order valence-corrected chi connectivity index (χ2v) is 4.37. The highest BCUT2D eigenvalue weighted by Crippen LogP contribution is 2.09. The third-order valence-electron chi connectivity index (χ3n) is 2.23. The van der Waals surface area contributed by atoms with Crippen molar-refractivity contribution < 1.29 is 4.79 Å². The van der Waals surface area contributed by atoms with Crippen molar-refractivity contribution >= 4 is 33.3 Å². The first kappa shape index (κ1) is 12.3. The number of aromatic nitrogens is 3. The largest absolute Gasteiger partial charge is 0.324 e. The predicted octanol–water partition coefficient (Wildman–Crippen LogP) is 2.56. The van der Waals surface area contributed by atoms with Gasteiger partial charge in [-0.05, 0) is 11.6 Å². The topological polar surface area (TPSA) is 47.8 Å². The van der Waals surface area contributed by atoms with Crippen molar-refractivity contribution in [3.8, 4) is 0 Å². The molecule has 0 unspecified atom stereocenters. The third kappa shape index (κ3) is 2.92. The van der Waals surface area contributed by atoms with E-state index in [-0.39, 0.29) is 11.1 Å². The Bertz CT molecular complexity index is 524. The smallest absolute Gasteiger partial charge is 0.208 e. The molecule has 0 saturated carbocycles. The van der Waals surface area contributed by atoms with E-state index in [0.717, 1.165) is 5.56 Å². The predicted molar refractivity (Wildman–Crippen MR) is 68.7 cm³/mol. The zero-order valence-electron chi connectivity index (χ0n) is 8.81. The zero-order valence-corrected chi connectivity index (χ0v) is 11.1. The second-order valence-electron chi connectivity index (χ2n) is 3.42. The molecule has 6 heteroatoms. The highest BCUT2D eigenvalue weighted by Gasteiger charge is 2.11. The van der Waals surface area contributed by atoms with E-state index in [9.17, 15) is 4.79 Å². The number of ketones is 1. The van der Waals surface area contributed by atoms with Crippen LogP contribution in [0.3, 0.4) is 0 Å². The molecule has 0 spiro atoms. The van der Waals surface area contributed by atoms with Gasteiger partial charge in [-0.1, -0.05) is 33.6 Å². The average Bonchev–Trinajstić information content (AvgIpc) is 2.79. The van der Waals surface area contributed by atoms with Crippen LogP contribution in [0.5, 0.6) is 0 Å². The summed E-state index contributed by atoms with van der Waals surface area (Å²) in [6, 6.07) is 3.59. The van der Waals surface area contributed by atoms with Gasteiger partial charge in [0.05, 0.1) is 11.9 Å². The van der Waals surface area contributed by atoms with Crippen molar-refractivity contribution in [2.45, 2.75) is 6.54 Å². The van der Waals surface area contributed by atoms with E-state index in [1.807, 2.05) is 6.07 Å². The van der Waals surface area contributed by atoms with Gasteiger partial charge in [0.25, 0.3) is 0 Å². The molecule has 2 heterocycles. The maximum absolute atomic E-state index is 11.6. The Kier molecular flexibility index (Phi) is 3.91. The third-order valence-corrected chi connectivity index (χ3v) is 2.96. The van der Waals surface area contributed by atoms with Gasteiger partial charge in [0.1, 0.15) is 5.15 Å². The first-order valence-electron chi connectivity index (χ1n) is 4.91. The molecule has 17 heavy (non-hydrogen) atoms. The molecule has 0 aliphatic carbocycles. The lowest BCUT2D eigenvalue weighted by atomic mass is 10.3. The van der Waals surface area contributed by atoms with Crippen LogP contribution in [0.1, 0.15) is 16.2 Å². The van der Waals surface area contributed by atoms with Crippen LogP contribution in [-0.4, -0.2) is 25.6 Å². The molecule has 0 saturated heterocycles. The van der Waals surface area contributed by atoms with Crippen LogP contribution in [0.4, 0.5) is 0 Å². The van der Waals surface area contributed by atoms with Crippen molar-refractivity contribution in [2.24, 2.45) is 0 Å². The molecule has 2 aromatic rings. The summed E-state index contributed by atoms with van der Waals surface area (Å²) in [5.74, 6) is 0.397. The van der Waals surface area contributed by atoms with Gasteiger partial charge in [-0.3, -0.25) is 4.79 Å². The average molecular weight is 315 g/mol. The van der Waals surface area contributed by atoms with Crippen LogP contribution in [0.15, 0.2) is 30.7 Å². The number of halogens is 2. The normalized spacial score (nSPS) is 10.5. The molecule has 2 aromatic heterocycles.